The summed E-state index contributed by atoms with van der Waals surface area (Å²) in [7, 11) is 0. The minimum absolute atomic E-state index is 0.145. The summed E-state index contributed by atoms with van der Waals surface area (Å²) in [5.74, 6) is 0.317. The van der Waals surface area contributed by atoms with Gasteiger partial charge in [0.05, 0.1) is 12.0 Å². The Kier molecular flexibility index (Phi) is 4.27. The zero-order valence-electron chi connectivity index (χ0n) is 12.1. The molecule has 112 valence electrons. The Morgan fingerprint density at radius 1 is 1.43 bits per heavy atom. The van der Waals surface area contributed by atoms with Crippen LogP contribution in [0.2, 0.25) is 0 Å². The number of ether oxygens (including phenoxy) is 1. The summed E-state index contributed by atoms with van der Waals surface area (Å²) >= 11 is 4.90. The molecule has 0 atom stereocenters. The molecule has 1 aliphatic rings. The van der Waals surface area contributed by atoms with Crippen LogP contribution in [0.4, 0.5) is 0 Å². The second-order valence-electron chi connectivity index (χ2n) is 5.65. The smallest absolute Gasteiger partial charge is 0.235 e. The molecule has 2 N–H and O–H groups in total. The van der Waals surface area contributed by atoms with E-state index in [9.17, 15) is 9.59 Å². The number of hydrogen-bond donors (Lipinski definition) is 1. The number of nitrogens with two attached hydrogens (primary N) is 1. The lowest BCUT2D eigenvalue weighted by atomic mass is 9.92. The van der Waals surface area contributed by atoms with Gasteiger partial charge in [-0.3, -0.25) is 14.5 Å². The second-order valence-corrected chi connectivity index (χ2v) is 6.09. The van der Waals surface area contributed by atoms with Crippen molar-refractivity contribution in [2.45, 2.75) is 20.3 Å². The van der Waals surface area contributed by atoms with Gasteiger partial charge in [0, 0.05) is 12.0 Å². The number of nitrogens with zero attached hydrogens (tertiary/aromatic N) is 1. The number of rotatable bonds is 5. The van der Waals surface area contributed by atoms with Crippen LogP contribution in [0.25, 0.3) is 0 Å². The molecule has 0 bridgehead atoms. The van der Waals surface area contributed by atoms with Gasteiger partial charge >= 0.3 is 0 Å². The number of amides is 2. The number of hydrogen-bond acceptors (Lipinski definition) is 4. The highest BCUT2D eigenvalue weighted by Gasteiger charge is 2.44. The van der Waals surface area contributed by atoms with Crippen LogP contribution in [-0.4, -0.2) is 34.9 Å². The van der Waals surface area contributed by atoms with Crippen molar-refractivity contribution in [1.82, 2.24) is 4.90 Å². The predicted molar refractivity (Wildman–Crippen MR) is 82.9 cm³/mol. The zero-order chi connectivity index (χ0) is 15.6. The van der Waals surface area contributed by atoms with Gasteiger partial charge in [-0.05, 0) is 12.1 Å². The van der Waals surface area contributed by atoms with Gasteiger partial charge in [0.15, 0.2) is 0 Å². The third kappa shape index (κ3) is 3.39. The summed E-state index contributed by atoms with van der Waals surface area (Å²) in [4.78, 5) is 25.4. The van der Waals surface area contributed by atoms with E-state index in [0.29, 0.717) is 10.7 Å². The first-order valence-corrected chi connectivity index (χ1v) is 7.09. The molecular weight excluding hydrogens is 288 g/mol. The van der Waals surface area contributed by atoms with E-state index in [4.69, 9.17) is 22.7 Å². The average Bonchev–Trinajstić information content (AvgIpc) is 2.61. The van der Waals surface area contributed by atoms with Crippen molar-refractivity contribution in [2.24, 2.45) is 11.1 Å². The molecule has 0 aliphatic carbocycles. The van der Waals surface area contributed by atoms with E-state index in [1.54, 1.807) is 38.1 Å². The molecule has 0 radical (unpaired) electrons. The van der Waals surface area contributed by atoms with Crippen molar-refractivity contribution in [3.8, 4) is 5.75 Å². The molecule has 1 saturated heterocycles. The van der Waals surface area contributed by atoms with Crippen LogP contribution in [0.3, 0.4) is 0 Å². The van der Waals surface area contributed by atoms with Gasteiger partial charge in [-0.15, -0.1) is 0 Å². The number of thiocarbonyl (C=S) groups is 1. The number of imide groups is 1. The molecule has 0 spiro atoms. The minimum atomic E-state index is -0.608. The van der Waals surface area contributed by atoms with Gasteiger partial charge in [0.25, 0.3) is 0 Å². The standard InChI is InChI=1S/C15H18N2O3S/c1-15(2)9-12(18)17(14(15)19)6-7-20-11-5-3-4-10(8-11)13(16)21/h3-5,8H,6-7,9H2,1-2H3,(H2,16,21). The maximum atomic E-state index is 12.0. The lowest BCUT2D eigenvalue weighted by Gasteiger charge is -2.18. The normalized spacial score (nSPS) is 17.1. The number of likely N-dealkylation sites (tertiary alicyclic amines) is 1. The highest BCUT2D eigenvalue weighted by molar-refractivity contribution is 7.80. The Labute approximate surface area is 129 Å². The summed E-state index contributed by atoms with van der Waals surface area (Å²) < 4.78 is 5.56. The molecule has 1 heterocycles. The van der Waals surface area contributed by atoms with Gasteiger partial charge in [-0.25, -0.2) is 0 Å². The van der Waals surface area contributed by atoms with Gasteiger partial charge in [0.2, 0.25) is 11.8 Å². The topological polar surface area (TPSA) is 72.6 Å². The third-order valence-corrected chi connectivity index (χ3v) is 3.66. The van der Waals surface area contributed by atoms with Gasteiger partial charge in [0.1, 0.15) is 17.3 Å². The summed E-state index contributed by atoms with van der Waals surface area (Å²) in [6.45, 7) is 4.05. The van der Waals surface area contributed by atoms with Gasteiger partial charge in [-0.1, -0.05) is 38.2 Å². The van der Waals surface area contributed by atoms with Gasteiger partial charge < -0.3 is 10.5 Å². The van der Waals surface area contributed by atoms with E-state index < -0.39 is 5.41 Å². The first-order valence-electron chi connectivity index (χ1n) is 6.69. The molecule has 21 heavy (non-hydrogen) atoms. The Hall–Kier alpha value is -1.95. The molecular formula is C15H18N2O3S. The molecule has 0 aromatic heterocycles. The molecule has 0 unspecified atom stereocenters. The first-order chi connectivity index (χ1) is 9.81. The lowest BCUT2D eigenvalue weighted by molar-refractivity contribution is -0.141. The maximum absolute atomic E-state index is 12.0. The van der Waals surface area contributed by atoms with Crippen LogP contribution in [0.1, 0.15) is 25.8 Å². The van der Waals surface area contributed by atoms with Crippen molar-refractivity contribution in [1.29, 1.82) is 0 Å². The van der Waals surface area contributed by atoms with Gasteiger partial charge in [-0.2, -0.15) is 0 Å². The van der Waals surface area contributed by atoms with E-state index in [0.717, 1.165) is 5.56 Å². The number of benzene rings is 1. The largest absolute Gasteiger partial charge is 0.492 e. The Balaban J connectivity index is 1.93. The van der Waals surface area contributed by atoms with Crippen LogP contribution in [0.15, 0.2) is 24.3 Å². The fraction of sp³-hybridized carbons (Fsp3) is 0.400. The fourth-order valence-corrected chi connectivity index (χ4v) is 2.37. The monoisotopic (exact) mass is 306 g/mol. The average molecular weight is 306 g/mol. The van der Waals surface area contributed by atoms with Crippen LogP contribution in [0.5, 0.6) is 5.75 Å². The summed E-state index contributed by atoms with van der Waals surface area (Å²) in [5.41, 5.74) is 5.67. The van der Waals surface area contributed by atoms with E-state index in [-0.39, 0.29) is 31.4 Å². The quantitative estimate of drug-likeness (QED) is 0.659. The van der Waals surface area contributed by atoms with Crippen molar-refractivity contribution < 1.29 is 14.3 Å². The van der Waals surface area contributed by atoms with E-state index in [1.807, 2.05) is 0 Å². The maximum Gasteiger partial charge on any atom is 0.235 e. The second kappa shape index (κ2) is 5.81. The van der Waals surface area contributed by atoms with Crippen LogP contribution < -0.4 is 10.5 Å². The van der Waals surface area contributed by atoms with E-state index >= 15 is 0 Å². The molecule has 1 aromatic rings. The lowest BCUT2D eigenvalue weighted by Crippen LogP contribution is -2.36. The number of carbonyl (C=O) groups excluding carboxylic acids is 2. The van der Waals surface area contributed by atoms with Crippen LogP contribution in [-0.2, 0) is 9.59 Å². The SMILES string of the molecule is CC1(C)CC(=O)N(CCOc2cccc(C(N)=S)c2)C1=O. The van der Waals surface area contributed by atoms with Crippen molar-refractivity contribution in [3.63, 3.8) is 0 Å². The predicted octanol–water partition coefficient (Wildman–Crippen LogP) is 1.48. The molecule has 1 fully saturated rings. The zero-order valence-corrected chi connectivity index (χ0v) is 12.9. The summed E-state index contributed by atoms with van der Waals surface area (Å²) in [5, 5.41) is 0. The van der Waals surface area contributed by atoms with E-state index in [1.165, 1.54) is 4.90 Å². The summed E-state index contributed by atoms with van der Waals surface area (Å²) in [6, 6.07) is 7.10. The molecule has 2 amide bonds. The Morgan fingerprint density at radius 2 is 2.14 bits per heavy atom. The number of carbonyl (C=O) groups is 2. The highest BCUT2D eigenvalue weighted by Crippen LogP contribution is 2.31. The molecule has 6 heteroatoms. The first kappa shape index (κ1) is 15.4. The molecule has 0 saturated carbocycles. The van der Waals surface area contributed by atoms with Crippen molar-refractivity contribution in [3.05, 3.63) is 29.8 Å². The fourth-order valence-electron chi connectivity index (χ4n) is 2.25. The Morgan fingerprint density at radius 3 is 2.71 bits per heavy atom. The third-order valence-electron chi connectivity index (χ3n) is 3.42. The summed E-state index contributed by atoms with van der Waals surface area (Å²) in [6.07, 6.45) is 0.253. The van der Waals surface area contributed by atoms with Crippen molar-refractivity contribution in [2.75, 3.05) is 13.2 Å². The molecule has 1 aromatic carbocycles. The minimum Gasteiger partial charge on any atom is -0.492 e. The molecule has 5 nitrogen and oxygen atoms in total. The Bertz CT molecular complexity index is 598. The highest BCUT2D eigenvalue weighted by atomic mass is 32.1. The van der Waals surface area contributed by atoms with Crippen LogP contribution in [0, 0.1) is 5.41 Å². The van der Waals surface area contributed by atoms with Crippen LogP contribution >= 0.6 is 12.2 Å². The molecule has 2 rings (SSSR count). The van der Waals surface area contributed by atoms with E-state index in [2.05, 4.69) is 0 Å². The molecule has 1 aliphatic heterocycles. The van der Waals surface area contributed by atoms with Crippen molar-refractivity contribution >= 4 is 29.0 Å².